The second-order valence-corrected chi connectivity index (χ2v) is 8.72. The fourth-order valence-corrected chi connectivity index (χ4v) is 4.24. The number of anilines is 1. The molecule has 1 aliphatic heterocycles. The van der Waals surface area contributed by atoms with E-state index >= 15 is 0 Å². The van der Waals surface area contributed by atoms with Crippen LogP contribution in [0.1, 0.15) is 31.2 Å². The number of amidine groups is 1. The number of hydrogen-bond acceptors (Lipinski definition) is 3. The third kappa shape index (κ3) is 6.00. The number of likely N-dealkylation sites (tertiary alicyclic amines) is 1. The van der Waals surface area contributed by atoms with Crippen molar-refractivity contribution in [3.05, 3.63) is 66.0 Å². The highest BCUT2D eigenvalue weighted by Crippen LogP contribution is 2.20. The highest BCUT2D eigenvalue weighted by molar-refractivity contribution is 7.90. The summed E-state index contributed by atoms with van der Waals surface area (Å²) in [4.78, 5) is 14.1. The van der Waals surface area contributed by atoms with Crippen LogP contribution in [-0.2, 0) is 14.8 Å². The number of halogens is 1. The van der Waals surface area contributed by atoms with E-state index in [1.807, 2.05) is 11.9 Å². The Morgan fingerprint density at radius 1 is 1.13 bits per heavy atom. The molecule has 2 aromatic carbocycles. The molecule has 30 heavy (non-hydrogen) atoms. The Morgan fingerprint density at radius 3 is 2.67 bits per heavy atom. The minimum Gasteiger partial charge on any atom is -0.362 e. The molecule has 0 radical (unpaired) electrons. The normalized spacial score (nSPS) is 16.6. The molecule has 0 spiro atoms. The summed E-state index contributed by atoms with van der Waals surface area (Å²) in [6.45, 7) is 0.783. The van der Waals surface area contributed by atoms with Crippen LogP contribution in [0.5, 0.6) is 0 Å². The van der Waals surface area contributed by atoms with Crippen LogP contribution in [0.25, 0.3) is 6.08 Å². The van der Waals surface area contributed by atoms with Crippen LogP contribution in [0, 0.1) is 5.82 Å². The van der Waals surface area contributed by atoms with Crippen molar-refractivity contribution in [3.63, 3.8) is 0 Å². The van der Waals surface area contributed by atoms with Gasteiger partial charge in [-0.1, -0.05) is 24.6 Å². The van der Waals surface area contributed by atoms with E-state index in [0.29, 0.717) is 23.5 Å². The van der Waals surface area contributed by atoms with Crippen LogP contribution in [0.2, 0.25) is 0 Å². The van der Waals surface area contributed by atoms with Gasteiger partial charge in [0.05, 0.1) is 4.90 Å². The minimum atomic E-state index is -3.89. The first-order chi connectivity index (χ1) is 14.3. The van der Waals surface area contributed by atoms with Crippen LogP contribution in [-0.4, -0.2) is 38.7 Å². The van der Waals surface area contributed by atoms with Gasteiger partial charge < -0.3 is 10.2 Å². The molecule has 1 saturated heterocycles. The van der Waals surface area contributed by atoms with Crippen LogP contribution >= 0.6 is 0 Å². The van der Waals surface area contributed by atoms with Crippen LogP contribution < -0.4 is 5.32 Å². The molecule has 1 N–H and O–H groups in total. The lowest BCUT2D eigenvalue weighted by Crippen LogP contribution is -2.26. The summed E-state index contributed by atoms with van der Waals surface area (Å²) in [5, 5.41) is 2.64. The Kier molecular flexibility index (Phi) is 6.99. The van der Waals surface area contributed by atoms with Gasteiger partial charge in [0.1, 0.15) is 11.7 Å². The largest absolute Gasteiger partial charge is 0.362 e. The average molecular weight is 430 g/mol. The van der Waals surface area contributed by atoms with Gasteiger partial charge in [0.2, 0.25) is 5.91 Å². The molecule has 0 aliphatic carbocycles. The third-order valence-electron chi connectivity index (χ3n) is 4.76. The summed E-state index contributed by atoms with van der Waals surface area (Å²) in [7, 11) is -2.03. The quantitative estimate of drug-likeness (QED) is 0.727. The molecule has 0 saturated carbocycles. The van der Waals surface area contributed by atoms with Crippen molar-refractivity contribution < 1.29 is 17.6 Å². The maximum atomic E-state index is 12.9. The van der Waals surface area contributed by atoms with E-state index in [1.54, 1.807) is 30.3 Å². The predicted molar refractivity (Wildman–Crippen MR) is 116 cm³/mol. The van der Waals surface area contributed by atoms with E-state index < -0.39 is 15.9 Å². The van der Waals surface area contributed by atoms with E-state index in [2.05, 4.69) is 9.71 Å². The molecule has 0 unspecified atom stereocenters. The van der Waals surface area contributed by atoms with E-state index in [1.165, 1.54) is 30.3 Å². The summed E-state index contributed by atoms with van der Waals surface area (Å²) < 4.78 is 42.5. The molecule has 0 aromatic heterocycles. The van der Waals surface area contributed by atoms with Gasteiger partial charge in [0, 0.05) is 31.8 Å². The van der Waals surface area contributed by atoms with Crippen LogP contribution in [0.4, 0.5) is 10.1 Å². The zero-order valence-electron chi connectivity index (χ0n) is 16.7. The second-order valence-electron chi connectivity index (χ2n) is 7.12. The van der Waals surface area contributed by atoms with Crippen molar-refractivity contribution >= 4 is 33.5 Å². The molecule has 1 heterocycles. The highest BCUT2D eigenvalue weighted by atomic mass is 32.2. The molecule has 2 aromatic rings. The maximum Gasteiger partial charge on any atom is 0.284 e. The Labute approximate surface area is 176 Å². The average Bonchev–Trinajstić information content (AvgIpc) is 2.92. The van der Waals surface area contributed by atoms with E-state index in [4.69, 9.17) is 0 Å². The number of hydrogen-bond donors (Lipinski definition) is 1. The monoisotopic (exact) mass is 429 g/mol. The van der Waals surface area contributed by atoms with Crippen LogP contribution in [0.3, 0.4) is 0 Å². The van der Waals surface area contributed by atoms with E-state index in [0.717, 1.165) is 25.8 Å². The smallest absolute Gasteiger partial charge is 0.284 e. The molecule has 158 valence electrons. The van der Waals surface area contributed by atoms with Gasteiger partial charge in [-0.25, -0.2) is 4.39 Å². The van der Waals surface area contributed by atoms with Crippen molar-refractivity contribution in [3.8, 4) is 0 Å². The first-order valence-electron chi connectivity index (χ1n) is 9.73. The number of carbonyl (C=O) groups is 1. The molecule has 0 bridgehead atoms. The van der Waals surface area contributed by atoms with Gasteiger partial charge in [-0.2, -0.15) is 8.42 Å². The van der Waals surface area contributed by atoms with Crippen molar-refractivity contribution in [2.24, 2.45) is 4.40 Å². The molecule has 8 heteroatoms. The summed E-state index contributed by atoms with van der Waals surface area (Å²) in [5.74, 6) is -0.221. The minimum absolute atomic E-state index is 0.0213. The lowest BCUT2D eigenvalue weighted by Gasteiger charge is -2.17. The maximum absolute atomic E-state index is 12.9. The summed E-state index contributed by atoms with van der Waals surface area (Å²) in [6, 6.07) is 11.7. The van der Waals surface area contributed by atoms with Gasteiger partial charge >= 0.3 is 0 Å². The van der Waals surface area contributed by atoms with Crippen molar-refractivity contribution in [2.75, 3.05) is 18.9 Å². The Morgan fingerprint density at radius 2 is 1.90 bits per heavy atom. The molecule has 1 amide bonds. The van der Waals surface area contributed by atoms with Crippen molar-refractivity contribution in [2.45, 2.75) is 30.6 Å². The number of sulfonamides is 1. The van der Waals surface area contributed by atoms with E-state index in [9.17, 15) is 17.6 Å². The Balaban J connectivity index is 1.73. The summed E-state index contributed by atoms with van der Waals surface area (Å²) in [5.41, 5.74) is 1.02. The lowest BCUT2D eigenvalue weighted by atomic mass is 10.2. The molecular weight excluding hydrogens is 405 g/mol. The Bertz CT molecular complexity index is 1060. The zero-order valence-corrected chi connectivity index (χ0v) is 17.5. The number of nitrogens with one attached hydrogen (secondary N) is 1. The molecule has 1 aliphatic rings. The van der Waals surface area contributed by atoms with Gasteiger partial charge in [0.25, 0.3) is 10.0 Å². The number of carbonyl (C=O) groups excluding carboxylic acids is 1. The molecule has 0 atom stereocenters. The summed E-state index contributed by atoms with van der Waals surface area (Å²) in [6.07, 6.45) is 6.45. The molecule has 3 rings (SSSR count). The molecular formula is C22H24FN3O3S. The fourth-order valence-electron chi connectivity index (χ4n) is 3.10. The first-order valence-corrected chi connectivity index (χ1v) is 11.2. The Hall–Kier alpha value is -3.00. The number of rotatable bonds is 5. The van der Waals surface area contributed by atoms with Gasteiger partial charge in [0.15, 0.2) is 0 Å². The number of nitrogens with zero attached hydrogens (tertiary/aromatic N) is 2. The molecule has 6 nitrogen and oxygen atoms in total. The van der Waals surface area contributed by atoms with Gasteiger partial charge in [-0.15, -0.1) is 4.40 Å². The first kappa shape index (κ1) is 21.7. The fraction of sp³-hybridized carbons (Fsp3) is 0.273. The van der Waals surface area contributed by atoms with Crippen molar-refractivity contribution in [1.29, 1.82) is 0 Å². The van der Waals surface area contributed by atoms with Crippen molar-refractivity contribution in [1.82, 2.24) is 4.90 Å². The summed E-state index contributed by atoms with van der Waals surface area (Å²) >= 11 is 0. The predicted octanol–water partition coefficient (Wildman–Crippen LogP) is 4.07. The second kappa shape index (κ2) is 9.67. The lowest BCUT2D eigenvalue weighted by molar-refractivity contribution is -0.111. The van der Waals surface area contributed by atoms with E-state index in [-0.39, 0.29) is 10.7 Å². The van der Waals surface area contributed by atoms with Gasteiger partial charge in [-0.05, 0) is 54.8 Å². The van der Waals surface area contributed by atoms with Gasteiger partial charge in [-0.3, -0.25) is 4.79 Å². The van der Waals surface area contributed by atoms with Crippen LogP contribution in [0.15, 0.2) is 63.9 Å². The molecule has 1 fully saturated rings. The third-order valence-corrected chi connectivity index (χ3v) is 6.06. The number of amides is 1. The zero-order chi connectivity index (χ0) is 21.6. The number of benzene rings is 2. The SMILES string of the molecule is CN1CCCCC/C1=N\S(=O)(=O)c1cccc(NC(=O)/C=C/c2ccc(F)cc2)c1. The topological polar surface area (TPSA) is 78.8 Å². The standard InChI is InChI=1S/C22H24FN3O3S/c1-26-15-4-2-3-8-21(26)25-30(28,29)20-7-5-6-19(16-20)24-22(27)14-11-17-9-12-18(23)13-10-17/h5-7,9-14,16H,2-4,8,15H2,1H3,(H,24,27)/b14-11+,25-21+. The highest BCUT2D eigenvalue weighted by Gasteiger charge is 2.18.